The van der Waals surface area contributed by atoms with Crippen molar-refractivity contribution in [2.75, 3.05) is 11.4 Å². The molecule has 104 valence electrons. The molecule has 3 heteroatoms. The quantitative estimate of drug-likeness (QED) is 0.904. The van der Waals surface area contributed by atoms with Gasteiger partial charge in [0.1, 0.15) is 6.54 Å². The summed E-state index contributed by atoms with van der Waals surface area (Å²) >= 11 is 0. The molecule has 0 heterocycles. The number of aryl methyl sites for hydroxylation is 2. The highest BCUT2D eigenvalue weighted by Gasteiger charge is 2.13. The van der Waals surface area contributed by atoms with Crippen LogP contribution in [0.15, 0.2) is 48.5 Å². The Labute approximate surface area is 119 Å². The van der Waals surface area contributed by atoms with Gasteiger partial charge in [-0.2, -0.15) is 0 Å². The summed E-state index contributed by atoms with van der Waals surface area (Å²) in [6.45, 7) is 4.65. The summed E-state index contributed by atoms with van der Waals surface area (Å²) in [4.78, 5) is 13.0. The second-order valence-electron chi connectivity index (χ2n) is 4.96. The minimum Gasteiger partial charge on any atom is -0.480 e. The van der Waals surface area contributed by atoms with Crippen LogP contribution in [0.25, 0.3) is 0 Å². The predicted molar refractivity (Wildman–Crippen MR) is 81.0 cm³/mol. The first-order valence-electron chi connectivity index (χ1n) is 6.65. The van der Waals surface area contributed by atoms with Crippen molar-refractivity contribution in [1.29, 1.82) is 0 Å². The zero-order valence-electron chi connectivity index (χ0n) is 11.8. The van der Waals surface area contributed by atoms with Crippen molar-refractivity contribution in [2.45, 2.75) is 20.4 Å². The number of aliphatic carboxylic acids is 1. The molecule has 0 saturated heterocycles. The smallest absolute Gasteiger partial charge is 0.323 e. The molecule has 20 heavy (non-hydrogen) atoms. The average molecular weight is 269 g/mol. The number of carboxylic acids is 1. The van der Waals surface area contributed by atoms with Crippen LogP contribution in [0.3, 0.4) is 0 Å². The molecule has 0 radical (unpaired) electrons. The highest BCUT2D eigenvalue weighted by atomic mass is 16.4. The van der Waals surface area contributed by atoms with Crippen LogP contribution in [0, 0.1) is 13.8 Å². The highest BCUT2D eigenvalue weighted by molar-refractivity contribution is 5.74. The van der Waals surface area contributed by atoms with E-state index in [1.54, 1.807) is 0 Å². The maximum Gasteiger partial charge on any atom is 0.323 e. The minimum atomic E-state index is -0.818. The molecule has 2 aromatic carbocycles. The van der Waals surface area contributed by atoms with Crippen LogP contribution in [0.4, 0.5) is 5.69 Å². The summed E-state index contributed by atoms with van der Waals surface area (Å²) in [6.07, 6.45) is 0. The molecule has 0 saturated carbocycles. The van der Waals surface area contributed by atoms with E-state index in [0.717, 1.165) is 16.8 Å². The Hall–Kier alpha value is -2.29. The Morgan fingerprint density at radius 3 is 2.20 bits per heavy atom. The van der Waals surface area contributed by atoms with Crippen molar-refractivity contribution >= 4 is 11.7 Å². The molecule has 0 fully saturated rings. The third-order valence-electron chi connectivity index (χ3n) is 3.40. The SMILES string of the molecule is Cc1ccccc1CN(CC(=O)O)c1ccccc1C. The van der Waals surface area contributed by atoms with E-state index in [1.807, 2.05) is 67.3 Å². The van der Waals surface area contributed by atoms with Gasteiger partial charge < -0.3 is 10.0 Å². The maximum absolute atomic E-state index is 11.1. The highest BCUT2D eigenvalue weighted by Crippen LogP contribution is 2.22. The van der Waals surface area contributed by atoms with Gasteiger partial charge in [0, 0.05) is 12.2 Å². The van der Waals surface area contributed by atoms with Gasteiger partial charge >= 0.3 is 5.97 Å². The van der Waals surface area contributed by atoms with E-state index >= 15 is 0 Å². The van der Waals surface area contributed by atoms with Gasteiger partial charge in [0.2, 0.25) is 0 Å². The van der Waals surface area contributed by atoms with E-state index in [9.17, 15) is 4.79 Å². The molecule has 3 nitrogen and oxygen atoms in total. The summed E-state index contributed by atoms with van der Waals surface area (Å²) < 4.78 is 0. The van der Waals surface area contributed by atoms with Crippen LogP contribution >= 0.6 is 0 Å². The standard InChI is InChI=1S/C17H19NO2/c1-13-7-3-5-9-15(13)11-18(12-17(19)20)16-10-6-4-8-14(16)2/h3-10H,11-12H2,1-2H3,(H,19,20). The summed E-state index contributed by atoms with van der Waals surface area (Å²) in [5.74, 6) is -0.818. The summed E-state index contributed by atoms with van der Waals surface area (Å²) in [5, 5.41) is 9.14. The Kier molecular flexibility index (Phi) is 4.41. The van der Waals surface area contributed by atoms with Gasteiger partial charge in [-0.25, -0.2) is 0 Å². The normalized spacial score (nSPS) is 10.3. The predicted octanol–water partition coefficient (Wildman–Crippen LogP) is 3.39. The lowest BCUT2D eigenvalue weighted by Gasteiger charge is -2.25. The van der Waals surface area contributed by atoms with Gasteiger partial charge in [-0.1, -0.05) is 42.5 Å². The molecule has 2 aromatic rings. The number of anilines is 1. The number of para-hydroxylation sites is 1. The van der Waals surface area contributed by atoms with Crippen molar-refractivity contribution in [3.05, 3.63) is 65.2 Å². The molecule has 0 aromatic heterocycles. The van der Waals surface area contributed by atoms with Crippen molar-refractivity contribution in [1.82, 2.24) is 0 Å². The molecule has 0 bridgehead atoms. The van der Waals surface area contributed by atoms with Crippen LogP contribution in [0.5, 0.6) is 0 Å². The monoisotopic (exact) mass is 269 g/mol. The van der Waals surface area contributed by atoms with Gasteiger partial charge in [-0.15, -0.1) is 0 Å². The van der Waals surface area contributed by atoms with Crippen LogP contribution in [0.1, 0.15) is 16.7 Å². The zero-order chi connectivity index (χ0) is 14.5. The summed E-state index contributed by atoms with van der Waals surface area (Å²) in [5.41, 5.74) is 4.38. The second-order valence-corrected chi connectivity index (χ2v) is 4.96. The van der Waals surface area contributed by atoms with Gasteiger partial charge in [-0.05, 0) is 36.6 Å². The van der Waals surface area contributed by atoms with Gasteiger partial charge in [0.05, 0.1) is 0 Å². The Morgan fingerprint density at radius 1 is 1.00 bits per heavy atom. The third kappa shape index (κ3) is 3.38. The molecule has 0 atom stereocenters. The summed E-state index contributed by atoms with van der Waals surface area (Å²) in [7, 11) is 0. The fraction of sp³-hybridized carbons (Fsp3) is 0.235. The number of rotatable bonds is 5. The van der Waals surface area contributed by atoms with Crippen molar-refractivity contribution in [2.24, 2.45) is 0 Å². The number of carbonyl (C=O) groups is 1. The molecule has 0 amide bonds. The van der Waals surface area contributed by atoms with Crippen LogP contribution < -0.4 is 4.90 Å². The number of carboxylic acid groups (broad SMARTS) is 1. The molecule has 0 aliphatic heterocycles. The Bertz CT molecular complexity index is 607. The van der Waals surface area contributed by atoms with E-state index < -0.39 is 5.97 Å². The van der Waals surface area contributed by atoms with Crippen LogP contribution in [-0.2, 0) is 11.3 Å². The van der Waals surface area contributed by atoms with Crippen LogP contribution in [0.2, 0.25) is 0 Å². The molecule has 0 aliphatic carbocycles. The van der Waals surface area contributed by atoms with Crippen molar-refractivity contribution < 1.29 is 9.90 Å². The zero-order valence-corrected chi connectivity index (χ0v) is 11.8. The second kappa shape index (κ2) is 6.24. The van der Waals surface area contributed by atoms with Crippen molar-refractivity contribution in [3.8, 4) is 0 Å². The first kappa shape index (κ1) is 14.1. The number of benzene rings is 2. The molecule has 2 rings (SSSR count). The first-order chi connectivity index (χ1) is 9.58. The lowest BCUT2D eigenvalue weighted by Crippen LogP contribution is -2.30. The van der Waals surface area contributed by atoms with E-state index in [4.69, 9.17) is 5.11 Å². The molecule has 1 N–H and O–H groups in total. The average Bonchev–Trinajstić information content (AvgIpc) is 2.40. The fourth-order valence-corrected chi connectivity index (χ4v) is 2.30. The molecule has 0 unspecified atom stereocenters. The van der Waals surface area contributed by atoms with Crippen molar-refractivity contribution in [3.63, 3.8) is 0 Å². The van der Waals surface area contributed by atoms with E-state index in [2.05, 4.69) is 0 Å². The minimum absolute atomic E-state index is 0.000806. The largest absolute Gasteiger partial charge is 0.480 e. The van der Waals surface area contributed by atoms with Crippen LogP contribution in [-0.4, -0.2) is 17.6 Å². The fourth-order valence-electron chi connectivity index (χ4n) is 2.30. The lowest BCUT2D eigenvalue weighted by atomic mass is 10.1. The first-order valence-corrected chi connectivity index (χ1v) is 6.65. The molecular formula is C17H19NO2. The Balaban J connectivity index is 2.32. The number of hydrogen-bond acceptors (Lipinski definition) is 2. The number of hydrogen-bond donors (Lipinski definition) is 1. The molecule has 0 spiro atoms. The van der Waals surface area contributed by atoms with Gasteiger partial charge in [0.15, 0.2) is 0 Å². The lowest BCUT2D eigenvalue weighted by molar-refractivity contribution is -0.135. The van der Waals surface area contributed by atoms with E-state index in [0.29, 0.717) is 6.54 Å². The summed E-state index contributed by atoms with van der Waals surface area (Å²) in [6, 6.07) is 15.9. The third-order valence-corrected chi connectivity index (χ3v) is 3.40. The van der Waals surface area contributed by atoms with Gasteiger partial charge in [-0.3, -0.25) is 4.79 Å². The van der Waals surface area contributed by atoms with E-state index in [-0.39, 0.29) is 6.54 Å². The molecule has 0 aliphatic rings. The molecular weight excluding hydrogens is 250 g/mol. The maximum atomic E-state index is 11.1. The van der Waals surface area contributed by atoms with Gasteiger partial charge in [0.25, 0.3) is 0 Å². The Morgan fingerprint density at radius 2 is 1.60 bits per heavy atom. The number of nitrogens with zero attached hydrogens (tertiary/aromatic N) is 1. The topological polar surface area (TPSA) is 40.5 Å². The van der Waals surface area contributed by atoms with E-state index in [1.165, 1.54) is 5.56 Å².